The maximum Gasteiger partial charge on any atom is 0.243 e. The van der Waals surface area contributed by atoms with E-state index in [0.29, 0.717) is 66.6 Å². The molecule has 3 rings (SSSR count). The van der Waals surface area contributed by atoms with Crippen LogP contribution < -0.4 is 20.3 Å². The van der Waals surface area contributed by atoms with Gasteiger partial charge in [0.25, 0.3) is 0 Å². The minimum absolute atomic E-state index is 0.00546. The van der Waals surface area contributed by atoms with Gasteiger partial charge in [0.2, 0.25) is 5.91 Å². The first-order valence-corrected chi connectivity index (χ1v) is 10.6. The lowest BCUT2D eigenvalue weighted by molar-refractivity contribution is -0.129. The highest BCUT2D eigenvalue weighted by Crippen LogP contribution is 2.35. The number of benzene rings is 2. The second kappa shape index (κ2) is 12.1. The van der Waals surface area contributed by atoms with Crippen LogP contribution in [0.4, 0.5) is 15.9 Å². The van der Waals surface area contributed by atoms with Crippen molar-refractivity contribution in [3.8, 4) is 11.5 Å². The minimum atomic E-state index is -0.512. The molecule has 11 heteroatoms. The molecule has 0 atom stereocenters. The summed E-state index contributed by atoms with van der Waals surface area (Å²) in [6.07, 6.45) is 2.75. The molecule has 0 radical (unpaired) electrons. The smallest absolute Gasteiger partial charge is 0.243 e. The van der Waals surface area contributed by atoms with Crippen molar-refractivity contribution >= 4 is 39.9 Å². The number of amides is 1. The Morgan fingerprint density at radius 1 is 1.09 bits per heavy atom. The number of methoxy groups -OCH3 is 1. The van der Waals surface area contributed by atoms with Crippen LogP contribution in [0.25, 0.3) is 10.9 Å². The van der Waals surface area contributed by atoms with Crippen molar-refractivity contribution in [1.29, 1.82) is 0 Å². The Balaban J connectivity index is 1.82. The standard InChI is InChI=1S/C22H24ClFN4O5/c1-31-8-9-33-19-11-15-18(12-20(19)32-7-3-2-4-21(29)28-30)25-13-26-22(15)27-14-5-6-17(24)16(23)10-14/h5-6,10-13,30H,2-4,7-9H2,1H3,(H,28,29)(H,25,26,27). The lowest BCUT2D eigenvalue weighted by atomic mass is 10.2. The molecule has 9 nitrogen and oxygen atoms in total. The van der Waals surface area contributed by atoms with Gasteiger partial charge in [-0.15, -0.1) is 0 Å². The van der Waals surface area contributed by atoms with Gasteiger partial charge in [0.05, 0.1) is 23.8 Å². The molecule has 0 bridgehead atoms. The topological polar surface area (TPSA) is 115 Å². The fourth-order valence-electron chi connectivity index (χ4n) is 2.96. The van der Waals surface area contributed by atoms with E-state index in [4.69, 9.17) is 31.0 Å². The molecule has 33 heavy (non-hydrogen) atoms. The quantitative estimate of drug-likeness (QED) is 0.201. The highest BCUT2D eigenvalue weighted by atomic mass is 35.5. The highest BCUT2D eigenvalue weighted by Gasteiger charge is 2.13. The van der Waals surface area contributed by atoms with Crippen molar-refractivity contribution < 1.29 is 28.6 Å². The van der Waals surface area contributed by atoms with E-state index in [1.165, 1.54) is 18.5 Å². The Kier molecular flexibility index (Phi) is 8.99. The van der Waals surface area contributed by atoms with Crippen molar-refractivity contribution in [2.45, 2.75) is 19.3 Å². The molecule has 0 unspecified atom stereocenters. The highest BCUT2D eigenvalue weighted by molar-refractivity contribution is 6.31. The van der Waals surface area contributed by atoms with Gasteiger partial charge in [-0.05, 0) is 37.1 Å². The van der Waals surface area contributed by atoms with Gasteiger partial charge in [-0.2, -0.15) is 0 Å². The van der Waals surface area contributed by atoms with Crippen LogP contribution in [-0.4, -0.2) is 48.0 Å². The zero-order valence-corrected chi connectivity index (χ0v) is 18.7. The first kappa shape index (κ1) is 24.4. The number of unbranched alkanes of at least 4 members (excludes halogenated alkanes) is 1. The van der Waals surface area contributed by atoms with E-state index < -0.39 is 11.7 Å². The fourth-order valence-corrected chi connectivity index (χ4v) is 3.14. The number of nitrogens with zero attached hydrogens (tertiary/aromatic N) is 2. The zero-order chi connectivity index (χ0) is 23.6. The number of hydrogen-bond donors (Lipinski definition) is 3. The molecule has 0 saturated heterocycles. The monoisotopic (exact) mass is 478 g/mol. The molecule has 1 amide bonds. The molecule has 3 aromatic rings. The Morgan fingerprint density at radius 3 is 2.64 bits per heavy atom. The maximum absolute atomic E-state index is 13.5. The fraction of sp³-hybridized carbons (Fsp3) is 0.318. The Hall–Kier alpha value is -3.21. The molecule has 3 N–H and O–H groups in total. The van der Waals surface area contributed by atoms with Crippen LogP contribution in [-0.2, 0) is 9.53 Å². The zero-order valence-electron chi connectivity index (χ0n) is 17.9. The van der Waals surface area contributed by atoms with E-state index in [2.05, 4.69) is 15.3 Å². The number of carbonyl (C=O) groups excluding carboxylic acids is 1. The summed E-state index contributed by atoms with van der Waals surface area (Å²) in [5.41, 5.74) is 2.77. The van der Waals surface area contributed by atoms with Crippen LogP contribution in [0.1, 0.15) is 19.3 Å². The number of fused-ring (bicyclic) bond motifs is 1. The Bertz CT molecular complexity index is 1100. The summed E-state index contributed by atoms with van der Waals surface area (Å²) in [6, 6.07) is 7.79. The van der Waals surface area contributed by atoms with Crippen molar-refractivity contribution in [1.82, 2.24) is 15.4 Å². The molecular weight excluding hydrogens is 455 g/mol. The summed E-state index contributed by atoms with van der Waals surface area (Å²) in [5.74, 6) is 0.494. The third-order valence-electron chi connectivity index (χ3n) is 4.61. The second-order valence-electron chi connectivity index (χ2n) is 6.97. The van der Waals surface area contributed by atoms with Crippen LogP contribution >= 0.6 is 11.6 Å². The van der Waals surface area contributed by atoms with E-state index in [9.17, 15) is 9.18 Å². The van der Waals surface area contributed by atoms with Crippen molar-refractivity contribution in [2.24, 2.45) is 0 Å². The Labute approximate surface area is 194 Å². The van der Waals surface area contributed by atoms with Crippen LogP contribution in [0.2, 0.25) is 5.02 Å². The van der Waals surface area contributed by atoms with Crippen LogP contribution in [0.15, 0.2) is 36.7 Å². The number of ether oxygens (including phenoxy) is 3. The number of rotatable bonds is 12. The largest absolute Gasteiger partial charge is 0.490 e. The molecule has 176 valence electrons. The molecule has 2 aromatic carbocycles. The van der Waals surface area contributed by atoms with Crippen molar-refractivity contribution in [3.05, 3.63) is 47.5 Å². The molecule has 0 aliphatic heterocycles. The number of carbonyl (C=O) groups is 1. The first-order valence-electron chi connectivity index (χ1n) is 10.2. The second-order valence-corrected chi connectivity index (χ2v) is 7.38. The number of nitrogens with one attached hydrogen (secondary N) is 2. The predicted octanol–water partition coefficient (Wildman–Crippen LogP) is 4.25. The molecule has 0 aliphatic carbocycles. The van der Waals surface area contributed by atoms with E-state index in [1.807, 2.05) is 0 Å². The van der Waals surface area contributed by atoms with Gasteiger partial charge in [0.1, 0.15) is 24.6 Å². The minimum Gasteiger partial charge on any atom is -0.490 e. The Morgan fingerprint density at radius 2 is 1.88 bits per heavy atom. The van der Waals surface area contributed by atoms with Gasteiger partial charge < -0.3 is 19.5 Å². The number of anilines is 2. The van der Waals surface area contributed by atoms with Gasteiger partial charge >= 0.3 is 0 Å². The van der Waals surface area contributed by atoms with E-state index in [-0.39, 0.29) is 11.4 Å². The summed E-state index contributed by atoms with van der Waals surface area (Å²) < 4.78 is 30.3. The van der Waals surface area contributed by atoms with Crippen molar-refractivity contribution in [3.63, 3.8) is 0 Å². The number of aromatic nitrogens is 2. The first-order chi connectivity index (χ1) is 16.0. The van der Waals surface area contributed by atoms with Crippen LogP contribution in [0.5, 0.6) is 11.5 Å². The lowest BCUT2D eigenvalue weighted by Crippen LogP contribution is -2.18. The molecular formula is C22H24ClFN4O5. The summed E-state index contributed by atoms with van der Waals surface area (Å²) in [6.45, 7) is 1.03. The molecule has 0 spiro atoms. The predicted molar refractivity (Wildman–Crippen MR) is 121 cm³/mol. The number of hydrogen-bond acceptors (Lipinski definition) is 8. The van der Waals surface area contributed by atoms with Gasteiger partial charge in [0.15, 0.2) is 11.5 Å². The lowest BCUT2D eigenvalue weighted by Gasteiger charge is -2.15. The normalized spacial score (nSPS) is 10.8. The molecule has 0 aliphatic rings. The van der Waals surface area contributed by atoms with E-state index in [0.717, 1.165) is 0 Å². The third-order valence-corrected chi connectivity index (χ3v) is 4.90. The average Bonchev–Trinajstić information content (AvgIpc) is 2.81. The summed E-state index contributed by atoms with van der Waals surface area (Å²) in [4.78, 5) is 19.7. The van der Waals surface area contributed by atoms with Crippen LogP contribution in [0.3, 0.4) is 0 Å². The van der Waals surface area contributed by atoms with E-state index in [1.54, 1.807) is 30.8 Å². The van der Waals surface area contributed by atoms with Crippen LogP contribution in [0, 0.1) is 5.82 Å². The molecule has 0 fully saturated rings. The van der Waals surface area contributed by atoms with Gasteiger partial charge in [-0.25, -0.2) is 19.8 Å². The summed E-state index contributed by atoms with van der Waals surface area (Å²) in [5, 5.41) is 12.3. The SMILES string of the molecule is COCCOc1cc2c(Nc3ccc(F)c(Cl)c3)ncnc2cc1OCCCCC(=O)NO. The van der Waals surface area contributed by atoms with Gasteiger partial charge in [-0.3, -0.25) is 10.0 Å². The number of halogens is 2. The summed E-state index contributed by atoms with van der Waals surface area (Å²) >= 11 is 5.88. The number of hydroxylamine groups is 1. The average molecular weight is 479 g/mol. The van der Waals surface area contributed by atoms with Gasteiger partial charge in [0, 0.05) is 30.7 Å². The maximum atomic E-state index is 13.5. The third kappa shape index (κ3) is 6.88. The van der Waals surface area contributed by atoms with E-state index >= 15 is 0 Å². The molecule has 1 aromatic heterocycles. The van der Waals surface area contributed by atoms with Crippen molar-refractivity contribution in [2.75, 3.05) is 32.2 Å². The summed E-state index contributed by atoms with van der Waals surface area (Å²) in [7, 11) is 1.58. The molecule has 1 heterocycles. The molecule has 0 saturated carbocycles. The van der Waals surface area contributed by atoms with Gasteiger partial charge in [-0.1, -0.05) is 11.6 Å².